The van der Waals surface area contributed by atoms with Crippen LogP contribution in [0.25, 0.3) is 11.3 Å². The summed E-state index contributed by atoms with van der Waals surface area (Å²) in [4.78, 5) is 36.9. The van der Waals surface area contributed by atoms with Crippen molar-refractivity contribution >= 4 is 29.4 Å². The van der Waals surface area contributed by atoms with Gasteiger partial charge in [0.05, 0.1) is 17.8 Å². The molecule has 1 aromatic heterocycles. The predicted molar refractivity (Wildman–Crippen MR) is 150 cm³/mol. The molecule has 0 bridgehead atoms. The van der Waals surface area contributed by atoms with Crippen molar-refractivity contribution < 1.29 is 28.6 Å². The van der Waals surface area contributed by atoms with Crippen LogP contribution in [0.1, 0.15) is 57.0 Å². The van der Waals surface area contributed by atoms with E-state index in [0.717, 1.165) is 0 Å². The molecule has 40 heavy (non-hydrogen) atoms. The summed E-state index contributed by atoms with van der Waals surface area (Å²) in [6.45, 7) is 12.1. The Hall–Kier alpha value is -3.11. The lowest BCUT2D eigenvalue weighted by molar-refractivity contribution is 0.000952. The summed E-state index contributed by atoms with van der Waals surface area (Å²) in [5.41, 5.74) is -0.226. The number of carbonyl (C=O) groups is 2. The number of amides is 2. The van der Waals surface area contributed by atoms with Gasteiger partial charge in [0.15, 0.2) is 5.75 Å². The van der Waals surface area contributed by atoms with Crippen LogP contribution in [0.5, 0.6) is 5.75 Å². The third-order valence-electron chi connectivity index (χ3n) is 7.67. The van der Waals surface area contributed by atoms with Gasteiger partial charge in [-0.25, -0.2) is 14.2 Å². The van der Waals surface area contributed by atoms with Crippen molar-refractivity contribution in [3.05, 3.63) is 40.2 Å². The number of carbonyl (C=O) groups excluding carboxylic acids is 2. The first-order valence-electron chi connectivity index (χ1n) is 13.5. The van der Waals surface area contributed by atoms with Crippen LogP contribution >= 0.6 is 11.6 Å². The first kappa shape index (κ1) is 28.4. The number of β-amino-alcohol motifs (C(OH)–C–C–N with tert-alkyl or cyclic N) is 1. The van der Waals surface area contributed by atoms with Gasteiger partial charge in [0.2, 0.25) is 0 Å². The highest BCUT2D eigenvalue weighted by Crippen LogP contribution is 2.46. The third kappa shape index (κ3) is 5.07. The fourth-order valence-corrected chi connectivity index (χ4v) is 6.02. The molecule has 1 N–H and O–H groups in total. The average Bonchev–Trinajstić information content (AvgIpc) is 3.05. The van der Waals surface area contributed by atoms with E-state index in [4.69, 9.17) is 26.1 Å². The van der Waals surface area contributed by atoms with Crippen molar-refractivity contribution in [1.82, 2.24) is 14.8 Å². The molecule has 4 heterocycles. The fourth-order valence-electron chi connectivity index (χ4n) is 5.73. The summed E-state index contributed by atoms with van der Waals surface area (Å²) in [5.74, 6) is -0.381. The van der Waals surface area contributed by atoms with Crippen molar-refractivity contribution in [3.63, 3.8) is 0 Å². The number of aromatic nitrogens is 1. The van der Waals surface area contributed by atoms with Crippen LogP contribution in [0, 0.1) is 12.7 Å². The summed E-state index contributed by atoms with van der Waals surface area (Å²) in [7, 11) is 0. The lowest BCUT2D eigenvalue weighted by Crippen LogP contribution is -2.58. The number of pyridine rings is 1. The minimum absolute atomic E-state index is 0.0398. The summed E-state index contributed by atoms with van der Waals surface area (Å²) < 4.78 is 27.1. The third-order valence-corrected chi connectivity index (χ3v) is 8.02. The van der Waals surface area contributed by atoms with E-state index in [1.807, 2.05) is 18.7 Å². The number of anilines is 1. The van der Waals surface area contributed by atoms with Gasteiger partial charge in [-0.3, -0.25) is 4.79 Å². The molecule has 1 aromatic carbocycles. The highest BCUT2D eigenvalue weighted by Gasteiger charge is 2.45. The lowest BCUT2D eigenvalue weighted by Gasteiger charge is -2.40. The summed E-state index contributed by atoms with van der Waals surface area (Å²) in [6.07, 6.45) is -0.618. The number of hydrogen-bond acceptors (Lipinski definition) is 7. The zero-order valence-electron chi connectivity index (χ0n) is 23.8. The first-order valence-corrected chi connectivity index (χ1v) is 13.9. The minimum Gasteiger partial charge on any atom is -0.489 e. The van der Waals surface area contributed by atoms with Gasteiger partial charge in [-0.05, 0) is 59.6 Å². The number of nitrogens with zero attached hydrogens (tertiary/aromatic N) is 4. The molecular weight excluding hydrogens is 539 g/mol. The number of fused-ring (bicyclic) bond motifs is 2. The maximum Gasteiger partial charge on any atom is 0.410 e. The molecule has 0 spiro atoms. The van der Waals surface area contributed by atoms with E-state index < -0.39 is 35.2 Å². The van der Waals surface area contributed by atoms with Crippen molar-refractivity contribution in [1.29, 1.82) is 0 Å². The van der Waals surface area contributed by atoms with Gasteiger partial charge < -0.3 is 29.3 Å². The summed E-state index contributed by atoms with van der Waals surface area (Å²) in [6, 6.07) is 4.52. The Bertz CT molecular complexity index is 1360. The smallest absolute Gasteiger partial charge is 0.410 e. The molecular formula is C29H36ClFN4O5. The quantitative estimate of drug-likeness (QED) is 0.558. The number of hydrogen-bond donors (Lipinski definition) is 1. The molecule has 3 aliphatic heterocycles. The molecule has 2 aromatic rings. The van der Waals surface area contributed by atoms with Crippen molar-refractivity contribution in [2.75, 3.05) is 37.7 Å². The summed E-state index contributed by atoms with van der Waals surface area (Å²) >= 11 is 6.87. The molecule has 2 atom stereocenters. The Morgan fingerprint density at radius 1 is 1.25 bits per heavy atom. The molecule has 216 valence electrons. The Labute approximate surface area is 238 Å². The molecule has 2 saturated heterocycles. The molecule has 2 amide bonds. The highest BCUT2D eigenvalue weighted by molar-refractivity contribution is 6.35. The van der Waals surface area contributed by atoms with Crippen LogP contribution in [-0.2, 0) is 4.74 Å². The normalized spacial score (nSPS) is 22.4. The lowest BCUT2D eigenvalue weighted by atomic mass is 9.99. The Morgan fingerprint density at radius 3 is 2.62 bits per heavy atom. The molecule has 5 rings (SSSR count). The molecule has 9 nitrogen and oxygen atoms in total. The van der Waals surface area contributed by atoms with Crippen LogP contribution in [0.4, 0.5) is 15.0 Å². The van der Waals surface area contributed by atoms with E-state index in [1.54, 1.807) is 55.7 Å². The van der Waals surface area contributed by atoms with E-state index in [9.17, 15) is 14.7 Å². The molecule has 0 radical (unpaired) electrons. The molecule has 0 aliphatic carbocycles. The highest BCUT2D eigenvalue weighted by atomic mass is 35.5. The Balaban J connectivity index is 1.61. The number of piperazine rings is 1. The van der Waals surface area contributed by atoms with E-state index >= 15 is 4.39 Å². The van der Waals surface area contributed by atoms with Crippen molar-refractivity contribution in [3.8, 4) is 17.0 Å². The number of ether oxygens (including phenoxy) is 2. The van der Waals surface area contributed by atoms with E-state index in [2.05, 4.69) is 0 Å². The number of aliphatic hydroxyl groups excluding tert-OH is 1. The first-order chi connectivity index (χ1) is 18.7. The van der Waals surface area contributed by atoms with Crippen LogP contribution in [-0.4, -0.2) is 88.0 Å². The van der Waals surface area contributed by atoms with Crippen LogP contribution in [0.2, 0.25) is 5.02 Å². The van der Waals surface area contributed by atoms with Gasteiger partial charge in [-0.15, -0.1) is 0 Å². The SMILES string of the molecule is Cc1cccc(-c2nc(N3CC(O)CC3(C)C)c3c(c2Cl)OCC2CN(C(=O)OC(C)(C)C)CCN2C3=O)c1F. The van der Waals surface area contributed by atoms with Crippen LogP contribution in [0.3, 0.4) is 0 Å². The van der Waals surface area contributed by atoms with Crippen LogP contribution in [0.15, 0.2) is 18.2 Å². The van der Waals surface area contributed by atoms with Crippen molar-refractivity contribution in [2.24, 2.45) is 0 Å². The minimum atomic E-state index is -0.650. The van der Waals surface area contributed by atoms with Gasteiger partial charge in [0.1, 0.15) is 34.4 Å². The van der Waals surface area contributed by atoms with E-state index in [0.29, 0.717) is 18.5 Å². The number of benzene rings is 1. The standard InChI is InChI=1S/C29H36ClFN4O5/c1-16-8-7-9-19(22(16)31)23-21(30)24-20(25(32-23)35-14-18(36)12-29(35,5)6)26(37)34-11-10-33(13-17(34)15-39-24)27(38)40-28(2,3)4/h7-9,17-18,36H,10-15H2,1-6H3. The number of halogens is 2. The summed E-state index contributed by atoms with van der Waals surface area (Å²) in [5, 5.41) is 10.6. The zero-order chi connectivity index (χ0) is 29.1. The number of aliphatic hydroxyl groups is 1. The molecule has 0 saturated carbocycles. The van der Waals surface area contributed by atoms with Gasteiger partial charge in [-0.2, -0.15) is 0 Å². The second kappa shape index (κ2) is 10.1. The van der Waals surface area contributed by atoms with Gasteiger partial charge in [0, 0.05) is 37.3 Å². The fraction of sp³-hybridized carbons (Fsp3) is 0.552. The second-order valence-electron chi connectivity index (χ2n) is 12.4. The molecule has 2 unspecified atom stereocenters. The number of aryl methyl sites for hydroxylation is 1. The van der Waals surface area contributed by atoms with Gasteiger partial charge in [-0.1, -0.05) is 23.7 Å². The molecule has 2 fully saturated rings. The van der Waals surface area contributed by atoms with Crippen LogP contribution < -0.4 is 9.64 Å². The maximum absolute atomic E-state index is 15.3. The second-order valence-corrected chi connectivity index (χ2v) is 12.8. The van der Waals surface area contributed by atoms with E-state index in [-0.39, 0.29) is 65.6 Å². The monoisotopic (exact) mass is 574 g/mol. The van der Waals surface area contributed by atoms with Gasteiger partial charge >= 0.3 is 6.09 Å². The molecule has 3 aliphatic rings. The number of rotatable bonds is 2. The zero-order valence-corrected chi connectivity index (χ0v) is 24.5. The molecule has 11 heteroatoms. The van der Waals surface area contributed by atoms with E-state index in [1.165, 1.54) is 0 Å². The maximum atomic E-state index is 15.3. The van der Waals surface area contributed by atoms with Crippen molar-refractivity contribution in [2.45, 2.75) is 71.2 Å². The Morgan fingerprint density at radius 2 is 1.98 bits per heavy atom. The predicted octanol–water partition coefficient (Wildman–Crippen LogP) is 4.65. The largest absolute Gasteiger partial charge is 0.489 e. The van der Waals surface area contributed by atoms with Gasteiger partial charge in [0.25, 0.3) is 5.91 Å². The Kier molecular flexibility index (Phi) is 7.15. The topological polar surface area (TPSA) is 95.4 Å². The average molecular weight is 575 g/mol.